The van der Waals surface area contributed by atoms with Gasteiger partial charge in [-0.2, -0.15) is 0 Å². The molecule has 0 N–H and O–H groups in total. The Morgan fingerprint density at radius 2 is 1.54 bits per heavy atom. The van der Waals surface area contributed by atoms with E-state index in [0.717, 1.165) is 16.7 Å². The maximum atomic E-state index is 5.74. The second-order valence-electron chi connectivity index (χ2n) is 5.84. The Morgan fingerprint density at radius 3 is 2.33 bits per heavy atom. The Bertz CT molecular complexity index is 995. The van der Waals surface area contributed by atoms with Gasteiger partial charge in [0.15, 0.2) is 5.58 Å². The SMILES string of the molecule is Cc1ccc2oc(/C=C/c3ccc(-c4ccccc4)cc3)nc2c1. The molecule has 0 aliphatic carbocycles. The molecule has 0 amide bonds. The second-order valence-corrected chi connectivity index (χ2v) is 5.84. The first kappa shape index (κ1) is 14.5. The van der Waals surface area contributed by atoms with Crippen LogP contribution in [0.25, 0.3) is 34.4 Å². The number of benzene rings is 3. The molecule has 2 nitrogen and oxygen atoms in total. The van der Waals surface area contributed by atoms with Gasteiger partial charge in [0, 0.05) is 6.08 Å². The highest BCUT2D eigenvalue weighted by atomic mass is 16.3. The summed E-state index contributed by atoms with van der Waals surface area (Å²) in [6, 6.07) is 24.9. The second kappa shape index (κ2) is 6.17. The largest absolute Gasteiger partial charge is 0.437 e. The predicted molar refractivity (Wildman–Crippen MR) is 99.6 cm³/mol. The van der Waals surface area contributed by atoms with Crippen LogP contribution in [0.15, 0.2) is 77.2 Å². The summed E-state index contributed by atoms with van der Waals surface area (Å²) in [4.78, 5) is 4.50. The van der Waals surface area contributed by atoms with Gasteiger partial charge in [0.25, 0.3) is 0 Å². The normalized spacial score (nSPS) is 11.4. The van der Waals surface area contributed by atoms with E-state index in [1.165, 1.54) is 16.7 Å². The van der Waals surface area contributed by atoms with Crippen molar-refractivity contribution in [3.63, 3.8) is 0 Å². The van der Waals surface area contributed by atoms with E-state index in [2.05, 4.69) is 60.4 Å². The minimum absolute atomic E-state index is 0.628. The predicted octanol–water partition coefficient (Wildman–Crippen LogP) is 5.97. The van der Waals surface area contributed by atoms with Gasteiger partial charge in [-0.3, -0.25) is 0 Å². The van der Waals surface area contributed by atoms with Crippen molar-refractivity contribution >= 4 is 23.3 Å². The first-order valence-corrected chi connectivity index (χ1v) is 7.99. The van der Waals surface area contributed by atoms with E-state index in [0.29, 0.717) is 5.89 Å². The van der Waals surface area contributed by atoms with Crippen LogP contribution in [0, 0.1) is 6.92 Å². The summed E-state index contributed by atoms with van der Waals surface area (Å²) in [6.45, 7) is 2.05. The summed E-state index contributed by atoms with van der Waals surface area (Å²) in [7, 11) is 0. The molecule has 0 spiro atoms. The van der Waals surface area contributed by atoms with Gasteiger partial charge in [0.2, 0.25) is 5.89 Å². The molecule has 4 aromatic rings. The molecule has 0 bridgehead atoms. The molecule has 0 unspecified atom stereocenters. The number of hydrogen-bond donors (Lipinski definition) is 0. The molecular formula is C22H17NO. The lowest BCUT2D eigenvalue weighted by molar-refractivity contribution is 0.589. The molecule has 0 aliphatic heterocycles. The van der Waals surface area contributed by atoms with E-state index in [4.69, 9.17) is 4.42 Å². The number of hydrogen-bond acceptors (Lipinski definition) is 2. The third-order valence-electron chi connectivity index (χ3n) is 4.00. The van der Waals surface area contributed by atoms with Crippen molar-refractivity contribution < 1.29 is 4.42 Å². The molecule has 0 saturated heterocycles. The molecule has 0 atom stereocenters. The standard InChI is InChI=1S/C22H17NO/c1-16-7-13-21-20(15-16)23-22(24-21)14-10-17-8-11-19(12-9-17)18-5-3-2-4-6-18/h2-15H,1H3/b14-10+. The minimum Gasteiger partial charge on any atom is -0.437 e. The fourth-order valence-electron chi connectivity index (χ4n) is 2.71. The van der Waals surface area contributed by atoms with Crippen LogP contribution in [0.5, 0.6) is 0 Å². The first-order chi connectivity index (χ1) is 11.8. The zero-order valence-corrected chi connectivity index (χ0v) is 13.4. The average Bonchev–Trinajstić information content (AvgIpc) is 3.03. The van der Waals surface area contributed by atoms with Gasteiger partial charge >= 0.3 is 0 Å². The molecule has 0 fully saturated rings. The number of nitrogens with zero attached hydrogens (tertiary/aromatic N) is 1. The van der Waals surface area contributed by atoms with Crippen molar-refractivity contribution in [2.45, 2.75) is 6.92 Å². The Hall–Kier alpha value is -3.13. The maximum Gasteiger partial charge on any atom is 0.220 e. The molecule has 0 aliphatic rings. The average molecular weight is 311 g/mol. The van der Waals surface area contributed by atoms with E-state index in [-0.39, 0.29) is 0 Å². The molecule has 1 heterocycles. The van der Waals surface area contributed by atoms with E-state index in [9.17, 15) is 0 Å². The number of oxazole rings is 1. The number of aromatic nitrogens is 1. The van der Waals surface area contributed by atoms with E-state index < -0.39 is 0 Å². The van der Waals surface area contributed by atoms with Gasteiger partial charge in [-0.1, -0.05) is 60.7 Å². The number of aryl methyl sites for hydroxylation is 1. The Morgan fingerprint density at radius 1 is 0.792 bits per heavy atom. The zero-order valence-electron chi connectivity index (χ0n) is 13.4. The van der Waals surface area contributed by atoms with Crippen molar-refractivity contribution in [1.82, 2.24) is 4.98 Å². The van der Waals surface area contributed by atoms with Crippen LogP contribution in [0.2, 0.25) is 0 Å². The van der Waals surface area contributed by atoms with Gasteiger partial charge in [-0.25, -0.2) is 4.98 Å². The van der Waals surface area contributed by atoms with Crippen LogP contribution in [0.1, 0.15) is 17.0 Å². The topological polar surface area (TPSA) is 26.0 Å². The van der Waals surface area contributed by atoms with Gasteiger partial charge in [0.05, 0.1) is 0 Å². The van der Waals surface area contributed by atoms with Crippen molar-refractivity contribution in [1.29, 1.82) is 0 Å². The highest BCUT2D eigenvalue weighted by Crippen LogP contribution is 2.21. The van der Waals surface area contributed by atoms with Gasteiger partial charge in [0.1, 0.15) is 5.52 Å². The summed E-state index contributed by atoms with van der Waals surface area (Å²) in [6.07, 6.45) is 3.93. The lowest BCUT2D eigenvalue weighted by atomic mass is 10.0. The van der Waals surface area contributed by atoms with Crippen molar-refractivity contribution in [2.24, 2.45) is 0 Å². The van der Waals surface area contributed by atoms with Crippen molar-refractivity contribution in [3.05, 3.63) is 89.8 Å². The highest BCUT2D eigenvalue weighted by Gasteiger charge is 2.02. The molecule has 4 rings (SSSR count). The molecule has 0 radical (unpaired) electrons. The van der Waals surface area contributed by atoms with Crippen LogP contribution in [-0.2, 0) is 0 Å². The lowest BCUT2D eigenvalue weighted by Gasteiger charge is -2.01. The Balaban J connectivity index is 1.56. The highest BCUT2D eigenvalue weighted by molar-refractivity contribution is 5.77. The van der Waals surface area contributed by atoms with E-state index >= 15 is 0 Å². The van der Waals surface area contributed by atoms with Crippen LogP contribution in [0.3, 0.4) is 0 Å². The van der Waals surface area contributed by atoms with Crippen LogP contribution >= 0.6 is 0 Å². The van der Waals surface area contributed by atoms with Crippen LogP contribution in [0.4, 0.5) is 0 Å². The fourth-order valence-corrected chi connectivity index (χ4v) is 2.71. The molecule has 3 aromatic carbocycles. The smallest absolute Gasteiger partial charge is 0.220 e. The Kier molecular flexibility index (Phi) is 3.72. The zero-order chi connectivity index (χ0) is 16.4. The first-order valence-electron chi connectivity index (χ1n) is 7.99. The van der Waals surface area contributed by atoms with E-state index in [1.54, 1.807) is 0 Å². The summed E-state index contributed by atoms with van der Waals surface area (Å²) < 4.78 is 5.74. The number of fused-ring (bicyclic) bond motifs is 1. The van der Waals surface area contributed by atoms with Crippen molar-refractivity contribution in [2.75, 3.05) is 0 Å². The Labute approximate surface area is 141 Å². The molecule has 116 valence electrons. The molecular weight excluding hydrogens is 294 g/mol. The lowest BCUT2D eigenvalue weighted by Crippen LogP contribution is -1.78. The molecule has 24 heavy (non-hydrogen) atoms. The van der Waals surface area contributed by atoms with Gasteiger partial charge < -0.3 is 4.42 Å². The van der Waals surface area contributed by atoms with Gasteiger partial charge in [-0.15, -0.1) is 0 Å². The van der Waals surface area contributed by atoms with Crippen molar-refractivity contribution in [3.8, 4) is 11.1 Å². The summed E-state index contributed by atoms with van der Waals surface area (Å²) >= 11 is 0. The molecule has 2 heteroatoms. The monoisotopic (exact) mass is 311 g/mol. The number of rotatable bonds is 3. The third kappa shape index (κ3) is 2.99. The molecule has 0 saturated carbocycles. The quantitative estimate of drug-likeness (QED) is 0.465. The minimum atomic E-state index is 0.628. The summed E-state index contributed by atoms with van der Waals surface area (Å²) in [5.41, 5.74) is 6.46. The van der Waals surface area contributed by atoms with Crippen LogP contribution < -0.4 is 0 Å². The third-order valence-corrected chi connectivity index (χ3v) is 4.00. The van der Waals surface area contributed by atoms with E-state index in [1.807, 2.05) is 36.4 Å². The summed E-state index contributed by atoms with van der Waals surface area (Å²) in [5, 5.41) is 0. The van der Waals surface area contributed by atoms with Gasteiger partial charge in [-0.05, 0) is 47.4 Å². The fraction of sp³-hybridized carbons (Fsp3) is 0.0455. The summed E-state index contributed by atoms with van der Waals surface area (Å²) in [5.74, 6) is 0.628. The molecule has 1 aromatic heterocycles. The van der Waals surface area contributed by atoms with Crippen LogP contribution in [-0.4, -0.2) is 4.98 Å². The maximum absolute atomic E-state index is 5.74.